The molecule has 0 saturated heterocycles. The molecular formula is C16H15N. The molecule has 1 heteroatoms. The van der Waals surface area contributed by atoms with Crippen LogP contribution in [0.25, 0.3) is 0 Å². The van der Waals surface area contributed by atoms with E-state index < -0.39 is 0 Å². The average Bonchev–Trinajstić information content (AvgIpc) is 3.16. The third-order valence-electron chi connectivity index (χ3n) is 4.35. The predicted molar refractivity (Wildman–Crippen MR) is 70.4 cm³/mol. The van der Waals surface area contributed by atoms with Crippen LogP contribution in [0.3, 0.4) is 0 Å². The highest BCUT2D eigenvalue weighted by atomic mass is 14.9. The van der Waals surface area contributed by atoms with E-state index in [2.05, 4.69) is 59.9 Å². The van der Waals surface area contributed by atoms with Gasteiger partial charge in [-0.1, -0.05) is 48.5 Å². The van der Waals surface area contributed by atoms with Crippen LogP contribution in [0.1, 0.15) is 23.5 Å². The fourth-order valence-electron chi connectivity index (χ4n) is 3.31. The van der Waals surface area contributed by atoms with E-state index in [9.17, 15) is 0 Å². The molecule has 0 aromatic heterocycles. The second-order valence-electron chi connectivity index (χ2n) is 5.22. The Morgan fingerprint density at radius 2 is 1.71 bits per heavy atom. The zero-order chi connectivity index (χ0) is 11.3. The maximum absolute atomic E-state index is 3.59. The summed E-state index contributed by atoms with van der Waals surface area (Å²) in [4.78, 5) is 0. The number of para-hydroxylation sites is 1. The van der Waals surface area contributed by atoms with Crippen LogP contribution in [0.2, 0.25) is 0 Å². The van der Waals surface area contributed by atoms with Gasteiger partial charge in [0, 0.05) is 17.6 Å². The lowest BCUT2D eigenvalue weighted by Crippen LogP contribution is -2.25. The smallest absolute Gasteiger partial charge is 0.0376 e. The number of benzene rings is 2. The van der Waals surface area contributed by atoms with Gasteiger partial charge in [0.15, 0.2) is 0 Å². The quantitative estimate of drug-likeness (QED) is 0.776. The van der Waals surface area contributed by atoms with Gasteiger partial charge in [-0.25, -0.2) is 0 Å². The summed E-state index contributed by atoms with van der Waals surface area (Å²) < 4.78 is 0. The Balaban J connectivity index is 1.79. The zero-order valence-electron chi connectivity index (χ0n) is 9.69. The molecule has 84 valence electrons. The molecule has 2 aliphatic rings. The summed E-state index contributed by atoms with van der Waals surface area (Å²) >= 11 is 0. The molecule has 1 aliphatic heterocycles. The summed E-state index contributed by atoms with van der Waals surface area (Å²) in [6.07, 6.45) is 1.29. The van der Waals surface area contributed by atoms with Crippen molar-refractivity contribution in [2.45, 2.75) is 17.8 Å². The van der Waals surface area contributed by atoms with Crippen LogP contribution < -0.4 is 5.32 Å². The summed E-state index contributed by atoms with van der Waals surface area (Å²) in [6, 6.07) is 19.7. The van der Waals surface area contributed by atoms with E-state index in [0.717, 1.165) is 12.5 Å². The second kappa shape index (κ2) is 3.13. The van der Waals surface area contributed by atoms with E-state index in [0.29, 0.717) is 5.41 Å². The first-order valence-corrected chi connectivity index (χ1v) is 6.28. The van der Waals surface area contributed by atoms with Crippen LogP contribution >= 0.6 is 0 Å². The van der Waals surface area contributed by atoms with Gasteiger partial charge < -0.3 is 5.32 Å². The summed E-state index contributed by atoms with van der Waals surface area (Å²) in [6.45, 7) is 1.08. The third-order valence-corrected chi connectivity index (χ3v) is 4.35. The normalized spacial score (nSPS) is 28.8. The van der Waals surface area contributed by atoms with Crippen molar-refractivity contribution in [2.24, 2.45) is 0 Å². The second-order valence-corrected chi connectivity index (χ2v) is 5.22. The Morgan fingerprint density at radius 3 is 2.59 bits per heavy atom. The molecule has 2 aromatic rings. The first-order valence-electron chi connectivity index (χ1n) is 6.28. The van der Waals surface area contributed by atoms with Gasteiger partial charge in [0.05, 0.1) is 0 Å². The lowest BCUT2D eigenvalue weighted by Gasteiger charge is -2.26. The van der Waals surface area contributed by atoms with Crippen molar-refractivity contribution in [2.75, 3.05) is 11.9 Å². The van der Waals surface area contributed by atoms with Gasteiger partial charge in [0.25, 0.3) is 0 Å². The summed E-state index contributed by atoms with van der Waals surface area (Å²) in [5.41, 5.74) is 4.70. The molecule has 2 aromatic carbocycles. The van der Waals surface area contributed by atoms with E-state index in [-0.39, 0.29) is 0 Å². The minimum atomic E-state index is 0.371. The van der Waals surface area contributed by atoms with Gasteiger partial charge >= 0.3 is 0 Å². The predicted octanol–water partition coefficient (Wildman–Crippen LogP) is 3.54. The number of anilines is 1. The highest BCUT2D eigenvalue weighted by molar-refractivity contribution is 5.62. The topological polar surface area (TPSA) is 12.0 Å². The van der Waals surface area contributed by atoms with Crippen molar-refractivity contribution in [3.05, 3.63) is 65.7 Å². The molecule has 1 heterocycles. The standard InChI is InChI=1S/C16H15N/c1-2-6-12(7-3-1)16-10-14(16)13-8-4-5-9-15(13)17-11-16/h1-9,14,17H,10-11H2. The summed E-state index contributed by atoms with van der Waals surface area (Å²) in [7, 11) is 0. The monoisotopic (exact) mass is 221 g/mol. The maximum Gasteiger partial charge on any atom is 0.0376 e. The van der Waals surface area contributed by atoms with Gasteiger partial charge in [-0.15, -0.1) is 0 Å². The van der Waals surface area contributed by atoms with Gasteiger partial charge in [-0.05, 0) is 29.5 Å². The minimum Gasteiger partial charge on any atom is -0.384 e. The fraction of sp³-hybridized carbons (Fsp3) is 0.250. The van der Waals surface area contributed by atoms with Gasteiger partial charge in [-0.2, -0.15) is 0 Å². The van der Waals surface area contributed by atoms with E-state index in [4.69, 9.17) is 0 Å². The molecule has 1 N–H and O–H groups in total. The van der Waals surface area contributed by atoms with Crippen LogP contribution in [-0.2, 0) is 5.41 Å². The molecule has 17 heavy (non-hydrogen) atoms. The molecule has 0 spiro atoms. The third kappa shape index (κ3) is 1.20. The van der Waals surface area contributed by atoms with Gasteiger partial charge in [-0.3, -0.25) is 0 Å². The van der Waals surface area contributed by atoms with Crippen LogP contribution in [-0.4, -0.2) is 6.54 Å². The largest absolute Gasteiger partial charge is 0.384 e. The van der Waals surface area contributed by atoms with Crippen molar-refractivity contribution >= 4 is 5.69 Å². The van der Waals surface area contributed by atoms with Crippen molar-refractivity contribution in [3.63, 3.8) is 0 Å². The molecule has 2 unspecified atom stereocenters. The maximum atomic E-state index is 3.59. The van der Waals surface area contributed by atoms with E-state index >= 15 is 0 Å². The molecule has 1 nitrogen and oxygen atoms in total. The van der Waals surface area contributed by atoms with Crippen LogP contribution in [0, 0.1) is 0 Å². The zero-order valence-corrected chi connectivity index (χ0v) is 9.69. The number of nitrogens with one attached hydrogen (secondary N) is 1. The Morgan fingerprint density at radius 1 is 0.941 bits per heavy atom. The van der Waals surface area contributed by atoms with Crippen molar-refractivity contribution < 1.29 is 0 Å². The highest BCUT2D eigenvalue weighted by Crippen LogP contribution is 2.63. The molecular weight excluding hydrogens is 206 g/mol. The van der Waals surface area contributed by atoms with Gasteiger partial charge in [0.1, 0.15) is 0 Å². The molecule has 0 amide bonds. The Bertz CT molecular complexity index is 561. The summed E-state index contributed by atoms with van der Waals surface area (Å²) in [5, 5.41) is 3.59. The van der Waals surface area contributed by atoms with Crippen LogP contribution in [0.5, 0.6) is 0 Å². The average molecular weight is 221 g/mol. The first-order chi connectivity index (χ1) is 8.40. The molecule has 2 atom stereocenters. The Labute approximate surface area is 101 Å². The number of rotatable bonds is 1. The molecule has 4 rings (SSSR count). The number of hydrogen-bond acceptors (Lipinski definition) is 1. The van der Waals surface area contributed by atoms with Gasteiger partial charge in [0.2, 0.25) is 0 Å². The Kier molecular flexibility index (Phi) is 1.71. The van der Waals surface area contributed by atoms with Crippen molar-refractivity contribution in [1.29, 1.82) is 0 Å². The van der Waals surface area contributed by atoms with Crippen LogP contribution in [0.15, 0.2) is 54.6 Å². The lowest BCUT2D eigenvalue weighted by molar-refractivity contribution is 0.684. The minimum absolute atomic E-state index is 0.371. The molecule has 1 aliphatic carbocycles. The number of hydrogen-bond donors (Lipinski definition) is 1. The summed E-state index contributed by atoms with van der Waals surface area (Å²) in [5.74, 6) is 0.724. The SMILES string of the molecule is c1ccc(C23CNc4ccccc4C2C3)cc1. The van der Waals surface area contributed by atoms with E-state index in [1.165, 1.54) is 23.2 Å². The highest BCUT2D eigenvalue weighted by Gasteiger charge is 2.58. The first kappa shape index (κ1) is 9.29. The lowest BCUT2D eigenvalue weighted by atomic mass is 9.87. The molecule has 0 bridgehead atoms. The fourth-order valence-corrected chi connectivity index (χ4v) is 3.31. The van der Waals surface area contributed by atoms with Crippen LogP contribution in [0.4, 0.5) is 5.69 Å². The van der Waals surface area contributed by atoms with Crippen molar-refractivity contribution in [1.82, 2.24) is 0 Å². The van der Waals surface area contributed by atoms with Crippen molar-refractivity contribution in [3.8, 4) is 0 Å². The van der Waals surface area contributed by atoms with E-state index in [1.807, 2.05) is 0 Å². The van der Waals surface area contributed by atoms with E-state index in [1.54, 1.807) is 0 Å². The molecule has 0 radical (unpaired) electrons. The molecule has 1 fully saturated rings. The number of fused-ring (bicyclic) bond motifs is 3. The Hall–Kier alpha value is -1.76. The molecule has 1 saturated carbocycles.